The smallest absolute Gasteiger partial charge is 0.191 e. The van der Waals surface area contributed by atoms with E-state index in [9.17, 15) is 0 Å². The highest BCUT2D eigenvalue weighted by atomic mass is 16.5. The molecule has 0 radical (unpaired) electrons. The second kappa shape index (κ2) is 11.6. The highest BCUT2D eigenvalue weighted by Gasteiger charge is 2.15. The molecule has 2 N–H and O–H groups in total. The minimum absolute atomic E-state index is 0.566. The number of hydrogen-bond acceptors (Lipinski definition) is 4. The van der Waals surface area contributed by atoms with Crippen molar-refractivity contribution in [3.05, 3.63) is 41.0 Å². The Kier molecular flexibility index (Phi) is 8.53. The van der Waals surface area contributed by atoms with Gasteiger partial charge in [-0.05, 0) is 44.7 Å². The van der Waals surface area contributed by atoms with Crippen LogP contribution >= 0.6 is 0 Å². The van der Waals surface area contributed by atoms with E-state index in [0.717, 1.165) is 61.5 Å². The van der Waals surface area contributed by atoms with Gasteiger partial charge in [-0.1, -0.05) is 31.9 Å². The molecule has 0 atom stereocenters. The van der Waals surface area contributed by atoms with Crippen LogP contribution in [-0.2, 0) is 26.1 Å². The Labute approximate surface area is 180 Å². The summed E-state index contributed by atoms with van der Waals surface area (Å²) in [6.45, 7) is 10.1. The summed E-state index contributed by atoms with van der Waals surface area (Å²) in [6, 6.07) is 6.35. The van der Waals surface area contributed by atoms with Crippen LogP contribution in [0.25, 0.3) is 0 Å². The molecule has 0 saturated carbocycles. The molecule has 7 heteroatoms. The van der Waals surface area contributed by atoms with Crippen molar-refractivity contribution in [2.24, 2.45) is 4.99 Å². The number of ether oxygens (including phenoxy) is 1. The third kappa shape index (κ3) is 6.21. The van der Waals surface area contributed by atoms with Crippen molar-refractivity contribution in [2.45, 2.75) is 78.9 Å². The Morgan fingerprint density at radius 3 is 2.90 bits per heavy atom. The van der Waals surface area contributed by atoms with Gasteiger partial charge in [0.05, 0.1) is 19.7 Å². The predicted octanol–water partition coefficient (Wildman–Crippen LogP) is 3.75. The number of nitrogens with one attached hydrogen (secondary N) is 2. The van der Waals surface area contributed by atoms with E-state index in [1.807, 2.05) is 0 Å². The van der Waals surface area contributed by atoms with Gasteiger partial charge in [0.25, 0.3) is 0 Å². The first kappa shape index (κ1) is 22.1. The molecule has 2 heterocycles. The van der Waals surface area contributed by atoms with Crippen molar-refractivity contribution in [2.75, 3.05) is 13.2 Å². The summed E-state index contributed by atoms with van der Waals surface area (Å²) in [5.74, 6) is 3.80. The van der Waals surface area contributed by atoms with Crippen molar-refractivity contribution in [3.8, 4) is 5.75 Å². The molecule has 1 aromatic heterocycles. The lowest BCUT2D eigenvalue weighted by atomic mass is 10.1. The van der Waals surface area contributed by atoms with E-state index in [2.05, 4.69) is 64.4 Å². The van der Waals surface area contributed by atoms with Crippen molar-refractivity contribution in [1.82, 2.24) is 25.4 Å². The zero-order chi connectivity index (χ0) is 21.2. The SMILES string of the molecule is CCCCCOc1cc(C)ccc1CN=C(NCC)NCc1nnc2n1CCCC2. The van der Waals surface area contributed by atoms with Crippen LogP contribution in [0.15, 0.2) is 23.2 Å². The van der Waals surface area contributed by atoms with Crippen molar-refractivity contribution < 1.29 is 4.74 Å². The van der Waals surface area contributed by atoms with Gasteiger partial charge in [0.2, 0.25) is 0 Å². The average Bonchev–Trinajstić information content (AvgIpc) is 3.17. The van der Waals surface area contributed by atoms with E-state index >= 15 is 0 Å². The van der Waals surface area contributed by atoms with Gasteiger partial charge >= 0.3 is 0 Å². The van der Waals surface area contributed by atoms with E-state index in [0.29, 0.717) is 13.1 Å². The first-order valence-corrected chi connectivity index (χ1v) is 11.4. The number of benzene rings is 1. The third-order valence-corrected chi connectivity index (χ3v) is 5.33. The van der Waals surface area contributed by atoms with Gasteiger partial charge in [-0.2, -0.15) is 0 Å². The number of aliphatic imine (C=N–C) groups is 1. The second-order valence-electron chi connectivity index (χ2n) is 7.86. The summed E-state index contributed by atoms with van der Waals surface area (Å²) >= 11 is 0. The van der Waals surface area contributed by atoms with E-state index < -0.39 is 0 Å². The molecule has 0 bridgehead atoms. The van der Waals surface area contributed by atoms with Gasteiger partial charge in [0, 0.05) is 25.1 Å². The Hall–Kier alpha value is -2.57. The highest BCUT2D eigenvalue weighted by Crippen LogP contribution is 2.22. The Morgan fingerprint density at radius 2 is 2.07 bits per heavy atom. The summed E-state index contributed by atoms with van der Waals surface area (Å²) in [7, 11) is 0. The van der Waals surface area contributed by atoms with Crippen LogP contribution in [0.4, 0.5) is 0 Å². The molecule has 1 aromatic carbocycles. The first-order chi connectivity index (χ1) is 14.7. The molecule has 0 spiro atoms. The first-order valence-electron chi connectivity index (χ1n) is 11.4. The zero-order valence-corrected chi connectivity index (χ0v) is 18.7. The van der Waals surface area contributed by atoms with E-state index in [-0.39, 0.29) is 0 Å². The Morgan fingerprint density at radius 1 is 1.17 bits per heavy atom. The molecule has 2 aromatic rings. The molecule has 0 saturated heterocycles. The molecular formula is C23H36N6O. The molecule has 30 heavy (non-hydrogen) atoms. The largest absolute Gasteiger partial charge is 0.493 e. The summed E-state index contributed by atoms with van der Waals surface area (Å²) in [4.78, 5) is 4.79. The Bertz CT molecular complexity index is 829. The molecule has 0 unspecified atom stereocenters. The van der Waals surface area contributed by atoms with Gasteiger partial charge in [-0.25, -0.2) is 4.99 Å². The van der Waals surface area contributed by atoms with Crippen molar-refractivity contribution in [3.63, 3.8) is 0 Å². The van der Waals surface area contributed by atoms with Gasteiger partial charge in [0.15, 0.2) is 11.8 Å². The average molecular weight is 413 g/mol. The van der Waals surface area contributed by atoms with Crippen LogP contribution in [0.5, 0.6) is 5.75 Å². The monoisotopic (exact) mass is 412 g/mol. The lowest BCUT2D eigenvalue weighted by molar-refractivity contribution is 0.303. The van der Waals surface area contributed by atoms with E-state index in [4.69, 9.17) is 9.73 Å². The summed E-state index contributed by atoms with van der Waals surface area (Å²) in [5, 5.41) is 15.4. The van der Waals surface area contributed by atoms with Gasteiger partial charge < -0.3 is 19.9 Å². The third-order valence-electron chi connectivity index (χ3n) is 5.33. The molecule has 0 aliphatic carbocycles. The van der Waals surface area contributed by atoms with Crippen molar-refractivity contribution >= 4 is 5.96 Å². The molecule has 1 aliphatic heterocycles. The van der Waals surface area contributed by atoms with Crippen LogP contribution < -0.4 is 15.4 Å². The molecule has 3 rings (SSSR count). The number of hydrogen-bond donors (Lipinski definition) is 2. The molecule has 1 aliphatic rings. The number of rotatable bonds is 10. The number of nitrogens with zero attached hydrogens (tertiary/aromatic N) is 4. The second-order valence-corrected chi connectivity index (χ2v) is 7.86. The van der Waals surface area contributed by atoms with Crippen LogP contribution in [0.2, 0.25) is 0 Å². The lowest BCUT2D eigenvalue weighted by Gasteiger charge is -2.16. The van der Waals surface area contributed by atoms with E-state index in [1.165, 1.54) is 31.2 Å². The maximum absolute atomic E-state index is 6.06. The standard InChI is InChI=1S/C23H36N6O/c1-4-6-9-14-30-20-15-18(3)11-12-19(20)16-25-23(24-5-2)26-17-22-28-27-21-10-7-8-13-29(21)22/h11-12,15H,4-10,13-14,16-17H2,1-3H3,(H2,24,25,26). The molecule has 0 amide bonds. The van der Waals surface area contributed by atoms with Crippen LogP contribution in [0.1, 0.15) is 68.7 Å². The molecule has 164 valence electrons. The van der Waals surface area contributed by atoms with Crippen LogP contribution in [-0.4, -0.2) is 33.9 Å². The summed E-state index contributed by atoms with van der Waals surface area (Å²) in [5.41, 5.74) is 2.31. The Balaban J connectivity index is 1.63. The molecule has 7 nitrogen and oxygen atoms in total. The van der Waals surface area contributed by atoms with Gasteiger partial charge in [-0.3, -0.25) is 0 Å². The minimum Gasteiger partial charge on any atom is -0.493 e. The maximum atomic E-state index is 6.06. The van der Waals surface area contributed by atoms with Gasteiger partial charge in [-0.15, -0.1) is 10.2 Å². The number of guanidine groups is 1. The highest BCUT2D eigenvalue weighted by molar-refractivity contribution is 5.79. The maximum Gasteiger partial charge on any atom is 0.191 e. The topological polar surface area (TPSA) is 76.4 Å². The fraction of sp³-hybridized carbons (Fsp3) is 0.609. The van der Waals surface area contributed by atoms with Gasteiger partial charge in [0.1, 0.15) is 11.6 Å². The number of aromatic nitrogens is 3. The van der Waals surface area contributed by atoms with E-state index in [1.54, 1.807) is 0 Å². The summed E-state index contributed by atoms with van der Waals surface area (Å²) in [6.07, 6.45) is 6.90. The molecule has 0 fully saturated rings. The normalized spacial score (nSPS) is 13.8. The number of aryl methyl sites for hydroxylation is 2. The zero-order valence-electron chi connectivity index (χ0n) is 18.7. The molecular weight excluding hydrogens is 376 g/mol. The van der Waals surface area contributed by atoms with Crippen molar-refractivity contribution in [1.29, 1.82) is 0 Å². The van der Waals surface area contributed by atoms with Crippen LogP contribution in [0, 0.1) is 6.92 Å². The lowest BCUT2D eigenvalue weighted by Crippen LogP contribution is -2.37. The predicted molar refractivity (Wildman–Crippen MR) is 121 cm³/mol. The van der Waals surface area contributed by atoms with Crippen LogP contribution in [0.3, 0.4) is 0 Å². The minimum atomic E-state index is 0.566. The number of fused-ring (bicyclic) bond motifs is 1. The fourth-order valence-electron chi connectivity index (χ4n) is 3.63. The fourth-order valence-corrected chi connectivity index (χ4v) is 3.63. The summed E-state index contributed by atoms with van der Waals surface area (Å²) < 4.78 is 8.30. The number of unbranched alkanes of at least 4 members (excludes halogenated alkanes) is 2. The quantitative estimate of drug-likeness (QED) is 0.353.